The van der Waals surface area contributed by atoms with Gasteiger partial charge in [-0.05, 0) is 38.5 Å². The fraction of sp³-hybridized carbons (Fsp3) is 0.529. The van der Waals surface area contributed by atoms with E-state index in [4.69, 9.17) is 9.47 Å². The van der Waals surface area contributed by atoms with Crippen molar-refractivity contribution in [2.75, 3.05) is 32.9 Å². The number of esters is 1. The molecule has 2 N–H and O–H groups in total. The standard InChI is InChI=1S/C17H27N3O3.HI/c1-4-18-17(19-11-12-22-5-2)20-13-14-7-9-15(10-8-14)16(21)23-6-3;/h7-10H,4-6,11-13H2,1-3H3,(H2,18,19,20);1H. The largest absolute Gasteiger partial charge is 0.462 e. The average molecular weight is 449 g/mol. The molecule has 24 heavy (non-hydrogen) atoms. The summed E-state index contributed by atoms with van der Waals surface area (Å²) in [5, 5.41) is 6.40. The predicted molar refractivity (Wildman–Crippen MR) is 107 cm³/mol. The molecule has 0 atom stereocenters. The van der Waals surface area contributed by atoms with E-state index in [1.165, 1.54) is 0 Å². The van der Waals surface area contributed by atoms with Crippen molar-refractivity contribution in [2.24, 2.45) is 4.99 Å². The number of benzene rings is 1. The van der Waals surface area contributed by atoms with Gasteiger partial charge in [0.05, 0.1) is 25.3 Å². The third kappa shape index (κ3) is 9.07. The lowest BCUT2D eigenvalue weighted by Gasteiger charge is -2.11. The zero-order chi connectivity index (χ0) is 16.9. The van der Waals surface area contributed by atoms with Crippen molar-refractivity contribution < 1.29 is 14.3 Å². The van der Waals surface area contributed by atoms with Gasteiger partial charge in [-0.3, -0.25) is 0 Å². The highest BCUT2D eigenvalue weighted by Crippen LogP contribution is 2.07. The molecule has 0 aromatic heterocycles. The minimum Gasteiger partial charge on any atom is -0.462 e. The van der Waals surface area contributed by atoms with Crippen LogP contribution < -0.4 is 10.6 Å². The Balaban J connectivity index is 0.00000529. The first kappa shape index (κ1) is 22.6. The number of halogens is 1. The van der Waals surface area contributed by atoms with Crippen LogP contribution in [0.25, 0.3) is 0 Å². The first-order valence-corrected chi connectivity index (χ1v) is 8.07. The second-order valence-corrected chi connectivity index (χ2v) is 4.74. The van der Waals surface area contributed by atoms with Crippen LogP contribution in [0.3, 0.4) is 0 Å². The molecule has 0 fully saturated rings. The number of aliphatic imine (C=N–C) groups is 1. The first-order chi connectivity index (χ1) is 11.2. The van der Waals surface area contributed by atoms with Crippen molar-refractivity contribution in [3.8, 4) is 0 Å². The number of nitrogens with one attached hydrogen (secondary N) is 2. The van der Waals surface area contributed by atoms with Crippen molar-refractivity contribution in [2.45, 2.75) is 27.3 Å². The van der Waals surface area contributed by atoms with Crippen molar-refractivity contribution in [1.82, 2.24) is 10.6 Å². The number of ether oxygens (including phenoxy) is 2. The Bertz CT molecular complexity index is 492. The third-order valence-corrected chi connectivity index (χ3v) is 2.97. The Morgan fingerprint density at radius 1 is 1.08 bits per heavy atom. The topological polar surface area (TPSA) is 72.0 Å². The summed E-state index contributed by atoms with van der Waals surface area (Å²) in [4.78, 5) is 16.1. The molecular weight excluding hydrogens is 421 g/mol. The fourth-order valence-electron chi connectivity index (χ4n) is 1.86. The molecule has 136 valence electrons. The molecule has 0 aliphatic rings. The van der Waals surface area contributed by atoms with Gasteiger partial charge in [0.1, 0.15) is 0 Å². The summed E-state index contributed by atoms with van der Waals surface area (Å²) < 4.78 is 10.3. The third-order valence-electron chi connectivity index (χ3n) is 2.97. The summed E-state index contributed by atoms with van der Waals surface area (Å²) in [6.07, 6.45) is 0. The van der Waals surface area contributed by atoms with Crippen LogP contribution in [0, 0.1) is 0 Å². The van der Waals surface area contributed by atoms with E-state index < -0.39 is 0 Å². The number of hydrogen-bond donors (Lipinski definition) is 2. The van der Waals surface area contributed by atoms with Gasteiger partial charge in [0.2, 0.25) is 0 Å². The molecule has 1 aromatic carbocycles. The van der Waals surface area contributed by atoms with Gasteiger partial charge in [-0.25, -0.2) is 9.79 Å². The lowest BCUT2D eigenvalue weighted by Crippen LogP contribution is -2.39. The molecule has 1 aromatic rings. The first-order valence-electron chi connectivity index (χ1n) is 8.07. The summed E-state index contributed by atoms with van der Waals surface area (Å²) in [7, 11) is 0. The Hall–Kier alpha value is -1.35. The highest BCUT2D eigenvalue weighted by Gasteiger charge is 2.05. The van der Waals surface area contributed by atoms with Crippen molar-refractivity contribution in [3.05, 3.63) is 35.4 Å². The number of hydrogen-bond acceptors (Lipinski definition) is 4. The molecule has 0 unspecified atom stereocenters. The Morgan fingerprint density at radius 2 is 1.79 bits per heavy atom. The van der Waals surface area contributed by atoms with Gasteiger partial charge in [-0.2, -0.15) is 0 Å². The second-order valence-electron chi connectivity index (χ2n) is 4.74. The summed E-state index contributed by atoms with van der Waals surface area (Å²) in [5.41, 5.74) is 1.58. The van der Waals surface area contributed by atoms with E-state index in [2.05, 4.69) is 15.6 Å². The smallest absolute Gasteiger partial charge is 0.338 e. The van der Waals surface area contributed by atoms with Crippen LogP contribution in [0.4, 0.5) is 0 Å². The van der Waals surface area contributed by atoms with Gasteiger partial charge in [-0.15, -0.1) is 24.0 Å². The molecule has 0 saturated heterocycles. The molecule has 0 bridgehead atoms. The zero-order valence-electron chi connectivity index (χ0n) is 14.6. The highest BCUT2D eigenvalue weighted by molar-refractivity contribution is 14.0. The van der Waals surface area contributed by atoms with Crippen LogP contribution in [0.2, 0.25) is 0 Å². The van der Waals surface area contributed by atoms with E-state index in [0.717, 1.165) is 18.1 Å². The molecule has 7 heteroatoms. The van der Waals surface area contributed by atoms with E-state index >= 15 is 0 Å². The number of nitrogens with zero attached hydrogens (tertiary/aromatic N) is 1. The SMILES string of the molecule is CCNC(=NCc1ccc(C(=O)OCC)cc1)NCCOCC.I. The van der Waals surface area contributed by atoms with Gasteiger partial charge in [-0.1, -0.05) is 12.1 Å². The Labute approximate surface area is 161 Å². The normalized spacial score (nSPS) is 10.7. The van der Waals surface area contributed by atoms with Gasteiger partial charge in [0.15, 0.2) is 5.96 Å². The van der Waals surface area contributed by atoms with Crippen molar-refractivity contribution in [1.29, 1.82) is 0 Å². The highest BCUT2D eigenvalue weighted by atomic mass is 127. The summed E-state index contributed by atoms with van der Waals surface area (Å²) in [6, 6.07) is 7.30. The fourth-order valence-corrected chi connectivity index (χ4v) is 1.86. The molecule has 0 spiro atoms. The zero-order valence-corrected chi connectivity index (χ0v) is 17.0. The van der Waals surface area contributed by atoms with E-state index in [1.54, 1.807) is 19.1 Å². The molecule has 0 aliphatic carbocycles. The van der Waals surface area contributed by atoms with Crippen molar-refractivity contribution in [3.63, 3.8) is 0 Å². The minimum atomic E-state index is -0.298. The van der Waals surface area contributed by atoms with Crippen LogP contribution >= 0.6 is 24.0 Å². The molecule has 0 radical (unpaired) electrons. The quantitative estimate of drug-likeness (QED) is 0.199. The van der Waals surface area contributed by atoms with Crippen LogP contribution in [-0.2, 0) is 16.0 Å². The monoisotopic (exact) mass is 449 g/mol. The van der Waals surface area contributed by atoms with Crippen LogP contribution in [-0.4, -0.2) is 44.8 Å². The number of carbonyl (C=O) groups is 1. The van der Waals surface area contributed by atoms with Gasteiger partial charge < -0.3 is 20.1 Å². The minimum absolute atomic E-state index is 0. The van der Waals surface area contributed by atoms with E-state index in [1.807, 2.05) is 26.0 Å². The predicted octanol–water partition coefficient (Wildman–Crippen LogP) is 2.57. The lowest BCUT2D eigenvalue weighted by molar-refractivity contribution is 0.0526. The van der Waals surface area contributed by atoms with Gasteiger partial charge >= 0.3 is 5.97 Å². The van der Waals surface area contributed by atoms with Crippen LogP contribution in [0.5, 0.6) is 0 Å². The second kappa shape index (κ2) is 14.0. The maximum Gasteiger partial charge on any atom is 0.338 e. The molecule has 0 heterocycles. The van der Waals surface area contributed by atoms with Crippen LogP contribution in [0.1, 0.15) is 36.7 Å². The Morgan fingerprint density at radius 3 is 2.38 bits per heavy atom. The van der Waals surface area contributed by atoms with E-state index in [-0.39, 0.29) is 29.9 Å². The molecule has 0 aliphatic heterocycles. The molecule has 0 amide bonds. The molecule has 6 nitrogen and oxygen atoms in total. The summed E-state index contributed by atoms with van der Waals surface area (Å²) in [6.45, 7) is 9.56. The maximum atomic E-state index is 11.6. The van der Waals surface area contributed by atoms with Crippen LogP contribution in [0.15, 0.2) is 29.3 Å². The number of rotatable bonds is 9. The summed E-state index contributed by atoms with van der Waals surface area (Å²) >= 11 is 0. The summed E-state index contributed by atoms with van der Waals surface area (Å²) in [5.74, 6) is 0.454. The van der Waals surface area contributed by atoms with Crippen molar-refractivity contribution >= 4 is 35.9 Å². The van der Waals surface area contributed by atoms with E-state index in [0.29, 0.717) is 38.5 Å². The number of carbonyl (C=O) groups excluding carboxylic acids is 1. The lowest BCUT2D eigenvalue weighted by atomic mass is 10.1. The maximum absolute atomic E-state index is 11.6. The molecule has 1 rings (SSSR count). The Kier molecular flexibility index (Phi) is 13.2. The molecule has 0 saturated carbocycles. The van der Waals surface area contributed by atoms with Gasteiger partial charge in [0.25, 0.3) is 0 Å². The van der Waals surface area contributed by atoms with Gasteiger partial charge in [0, 0.05) is 19.7 Å². The van der Waals surface area contributed by atoms with E-state index in [9.17, 15) is 4.79 Å². The molecular formula is C17H28IN3O3. The number of guanidine groups is 1. The average Bonchev–Trinajstić information content (AvgIpc) is 2.57.